The van der Waals surface area contributed by atoms with E-state index in [2.05, 4.69) is 20.2 Å². The van der Waals surface area contributed by atoms with Gasteiger partial charge in [0.15, 0.2) is 0 Å². The zero-order valence-corrected chi connectivity index (χ0v) is 17.7. The van der Waals surface area contributed by atoms with Crippen LogP contribution in [0, 0.1) is 0 Å². The normalized spacial score (nSPS) is 16.6. The third-order valence-electron chi connectivity index (χ3n) is 5.34. The molecule has 0 saturated carbocycles. The predicted octanol–water partition coefficient (Wildman–Crippen LogP) is 3.73. The molecule has 3 aromatic rings. The van der Waals surface area contributed by atoms with E-state index in [0.717, 1.165) is 60.8 Å². The summed E-state index contributed by atoms with van der Waals surface area (Å²) in [6.45, 7) is 3.20. The molecule has 0 radical (unpaired) electrons. The highest BCUT2D eigenvalue weighted by Gasteiger charge is 2.17. The highest BCUT2D eigenvalue weighted by atomic mass is 16.5. The van der Waals surface area contributed by atoms with E-state index in [0.29, 0.717) is 12.6 Å². The minimum absolute atomic E-state index is 0.202. The maximum absolute atomic E-state index is 9.74. The van der Waals surface area contributed by atoms with Gasteiger partial charge in [-0.2, -0.15) is 0 Å². The zero-order chi connectivity index (χ0) is 21.5. The van der Waals surface area contributed by atoms with Crippen LogP contribution in [0.1, 0.15) is 12.8 Å². The molecular weight excluding hydrogens is 392 g/mol. The molecule has 31 heavy (non-hydrogen) atoms. The Balaban J connectivity index is 1.27. The highest BCUT2D eigenvalue weighted by Crippen LogP contribution is 2.23. The number of aliphatic hydroxyl groups excluding tert-OH is 1. The molecule has 1 fully saturated rings. The van der Waals surface area contributed by atoms with E-state index < -0.39 is 0 Å². The van der Waals surface area contributed by atoms with Crippen molar-refractivity contribution in [1.82, 2.24) is 14.9 Å². The zero-order valence-electron chi connectivity index (χ0n) is 17.7. The monoisotopic (exact) mass is 420 g/mol. The fraction of sp³-hybridized carbons (Fsp3) is 0.333. The van der Waals surface area contributed by atoms with Crippen molar-refractivity contribution < 1.29 is 14.6 Å². The van der Waals surface area contributed by atoms with Crippen LogP contribution in [0.2, 0.25) is 0 Å². The first kappa shape index (κ1) is 21.1. The van der Waals surface area contributed by atoms with Crippen LogP contribution >= 0.6 is 0 Å². The molecule has 0 bridgehead atoms. The molecule has 7 nitrogen and oxygen atoms in total. The van der Waals surface area contributed by atoms with Gasteiger partial charge in [-0.3, -0.25) is 4.90 Å². The summed E-state index contributed by atoms with van der Waals surface area (Å²) in [5, 5.41) is 12.9. The topological polar surface area (TPSA) is 79.7 Å². The van der Waals surface area contributed by atoms with Gasteiger partial charge in [-0.1, -0.05) is 12.1 Å². The Morgan fingerprint density at radius 3 is 2.39 bits per heavy atom. The number of likely N-dealkylation sites (tertiary alicyclic amines) is 1. The van der Waals surface area contributed by atoms with Crippen LogP contribution in [-0.2, 0) is 0 Å². The third kappa shape index (κ3) is 5.93. The quantitative estimate of drug-likeness (QED) is 0.575. The van der Waals surface area contributed by atoms with E-state index in [4.69, 9.17) is 9.47 Å². The minimum atomic E-state index is -0.202. The summed E-state index contributed by atoms with van der Waals surface area (Å²) in [5.74, 6) is 2.18. The molecule has 1 aliphatic rings. The van der Waals surface area contributed by atoms with Gasteiger partial charge in [0.2, 0.25) is 5.95 Å². The fourth-order valence-electron chi connectivity index (χ4n) is 3.62. The first-order valence-corrected chi connectivity index (χ1v) is 10.6. The Labute approximate surface area is 182 Å². The molecular formula is C24H28N4O3. The van der Waals surface area contributed by atoms with E-state index in [9.17, 15) is 5.11 Å². The molecule has 2 aromatic carbocycles. The van der Waals surface area contributed by atoms with E-state index in [1.54, 1.807) is 19.5 Å². The van der Waals surface area contributed by atoms with Gasteiger partial charge in [0, 0.05) is 36.7 Å². The van der Waals surface area contributed by atoms with E-state index in [1.807, 2.05) is 48.5 Å². The summed E-state index contributed by atoms with van der Waals surface area (Å²) in [6, 6.07) is 15.6. The Hall–Kier alpha value is -3.16. The third-order valence-corrected chi connectivity index (χ3v) is 5.34. The van der Waals surface area contributed by atoms with Crippen LogP contribution in [0.5, 0.6) is 11.5 Å². The second-order valence-electron chi connectivity index (χ2n) is 7.62. The molecule has 1 atom stereocenters. The summed E-state index contributed by atoms with van der Waals surface area (Å²) >= 11 is 0. The van der Waals surface area contributed by atoms with Crippen molar-refractivity contribution in [3.63, 3.8) is 0 Å². The standard InChI is InChI=1S/C24H28N4O3/c1-30-22-8-4-18(5-9-22)19-15-25-24(26-16-19)27-20-6-10-23(11-7-20)31-14-13-28-12-2-3-21(29)17-28/h4-11,15-16,21,29H,2-3,12-14,17H2,1H3,(H,25,26,27). The summed E-state index contributed by atoms with van der Waals surface area (Å²) < 4.78 is 11.0. The Bertz CT molecular complexity index is 946. The largest absolute Gasteiger partial charge is 0.497 e. The lowest BCUT2D eigenvalue weighted by Crippen LogP contribution is -2.40. The van der Waals surface area contributed by atoms with Gasteiger partial charge in [0.25, 0.3) is 0 Å². The number of rotatable bonds is 8. The van der Waals surface area contributed by atoms with Gasteiger partial charge in [-0.05, 0) is 61.3 Å². The predicted molar refractivity (Wildman–Crippen MR) is 121 cm³/mol. The lowest BCUT2D eigenvalue weighted by molar-refractivity contribution is 0.0633. The smallest absolute Gasteiger partial charge is 0.227 e. The number of hydrogen-bond acceptors (Lipinski definition) is 7. The lowest BCUT2D eigenvalue weighted by atomic mass is 10.1. The summed E-state index contributed by atoms with van der Waals surface area (Å²) in [4.78, 5) is 11.1. The fourth-order valence-corrected chi connectivity index (χ4v) is 3.62. The Morgan fingerprint density at radius 2 is 1.71 bits per heavy atom. The number of nitrogens with zero attached hydrogens (tertiary/aromatic N) is 3. The van der Waals surface area contributed by atoms with Crippen LogP contribution in [-0.4, -0.2) is 59.4 Å². The molecule has 162 valence electrons. The average molecular weight is 421 g/mol. The van der Waals surface area contributed by atoms with Gasteiger partial charge in [-0.25, -0.2) is 9.97 Å². The van der Waals surface area contributed by atoms with Gasteiger partial charge < -0.3 is 19.9 Å². The number of hydrogen-bond donors (Lipinski definition) is 2. The SMILES string of the molecule is COc1ccc(-c2cnc(Nc3ccc(OCCN4CCCC(O)C4)cc3)nc2)cc1. The molecule has 0 spiro atoms. The number of nitrogens with one attached hydrogen (secondary N) is 1. The molecule has 2 heterocycles. The van der Waals surface area contributed by atoms with Gasteiger partial charge in [-0.15, -0.1) is 0 Å². The van der Waals surface area contributed by atoms with Gasteiger partial charge in [0.05, 0.1) is 13.2 Å². The molecule has 1 unspecified atom stereocenters. The van der Waals surface area contributed by atoms with Crippen LogP contribution in [0.4, 0.5) is 11.6 Å². The number of ether oxygens (including phenoxy) is 2. The minimum Gasteiger partial charge on any atom is -0.497 e. The van der Waals surface area contributed by atoms with Crippen LogP contribution < -0.4 is 14.8 Å². The van der Waals surface area contributed by atoms with Crippen molar-refractivity contribution in [2.24, 2.45) is 0 Å². The first-order chi connectivity index (χ1) is 15.2. The Kier molecular flexibility index (Phi) is 6.96. The second-order valence-corrected chi connectivity index (χ2v) is 7.62. The number of methoxy groups -OCH3 is 1. The molecule has 0 aliphatic carbocycles. The molecule has 4 rings (SSSR count). The molecule has 7 heteroatoms. The van der Waals surface area contributed by atoms with Crippen molar-refractivity contribution in [3.05, 3.63) is 60.9 Å². The number of aromatic nitrogens is 2. The van der Waals surface area contributed by atoms with Crippen molar-refractivity contribution >= 4 is 11.6 Å². The van der Waals surface area contributed by atoms with Crippen molar-refractivity contribution in [3.8, 4) is 22.6 Å². The van der Waals surface area contributed by atoms with Crippen LogP contribution in [0.3, 0.4) is 0 Å². The van der Waals surface area contributed by atoms with Gasteiger partial charge >= 0.3 is 0 Å². The number of aliphatic hydroxyl groups is 1. The maximum atomic E-state index is 9.74. The number of anilines is 2. The van der Waals surface area contributed by atoms with Crippen molar-refractivity contribution in [2.75, 3.05) is 38.7 Å². The number of piperidine rings is 1. The highest BCUT2D eigenvalue weighted by molar-refractivity contribution is 5.63. The van der Waals surface area contributed by atoms with E-state index in [-0.39, 0.29) is 6.10 Å². The van der Waals surface area contributed by atoms with Crippen LogP contribution in [0.25, 0.3) is 11.1 Å². The molecule has 2 N–H and O–H groups in total. The molecule has 1 aliphatic heterocycles. The lowest BCUT2D eigenvalue weighted by Gasteiger charge is -2.29. The summed E-state index contributed by atoms with van der Waals surface area (Å²) in [7, 11) is 1.65. The molecule has 0 amide bonds. The van der Waals surface area contributed by atoms with Crippen molar-refractivity contribution in [1.29, 1.82) is 0 Å². The van der Waals surface area contributed by atoms with Crippen LogP contribution in [0.15, 0.2) is 60.9 Å². The summed E-state index contributed by atoms with van der Waals surface area (Å²) in [5.41, 5.74) is 2.87. The number of benzene rings is 2. The molecule has 1 saturated heterocycles. The average Bonchev–Trinajstić information content (AvgIpc) is 2.81. The number of β-amino-alcohol motifs (C(OH)–C–C–N with tert-alkyl or cyclic N) is 1. The molecule has 1 aromatic heterocycles. The van der Waals surface area contributed by atoms with Gasteiger partial charge in [0.1, 0.15) is 18.1 Å². The maximum Gasteiger partial charge on any atom is 0.227 e. The Morgan fingerprint density at radius 1 is 1.00 bits per heavy atom. The van der Waals surface area contributed by atoms with Crippen molar-refractivity contribution in [2.45, 2.75) is 18.9 Å². The second kappa shape index (κ2) is 10.2. The van der Waals surface area contributed by atoms with E-state index >= 15 is 0 Å². The summed E-state index contributed by atoms with van der Waals surface area (Å²) in [6.07, 6.45) is 5.34. The first-order valence-electron chi connectivity index (χ1n) is 10.6. The van der Waals surface area contributed by atoms with E-state index in [1.165, 1.54) is 0 Å².